The van der Waals surface area contributed by atoms with Crippen molar-refractivity contribution in [2.45, 2.75) is 6.42 Å². The van der Waals surface area contributed by atoms with E-state index in [0.717, 1.165) is 84.2 Å². The summed E-state index contributed by atoms with van der Waals surface area (Å²) in [7, 11) is 0. The molecule has 11 rings (SSSR count). The van der Waals surface area contributed by atoms with E-state index in [1.807, 2.05) is 24.3 Å². The normalized spacial score (nSPS) is 12.4. The van der Waals surface area contributed by atoms with Crippen molar-refractivity contribution >= 4 is 78.0 Å². The minimum Gasteiger partial charge on any atom is -0.456 e. The number of furan rings is 2. The van der Waals surface area contributed by atoms with Crippen LogP contribution in [0.15, 0.2) is 191 Å². The number of rotatable bonds is 5. The van der Waals surface area contributed by atoms with Crippen molar-refractivity contribution in [3.63, 3.8) is 0 Å². The smallest absolute Gasteiger partial charge is 0.137 e. The van der Waals surface area contributed by atoms with Gasteiger partial charge in [0.05, 0.1) is 0 Å². The summed E-state index contributed by atoms with van der Waals surface area (Å²) in [5, 5.41) is 4.44. The Labute approximate surface area is 306 Å². The fourth-order valence-corrected chi connectivity index (χ4v) is 8.15. The second-order valence-corrected chi connectivity index (χ2v) is 13.8. The molecule has 0 saturated heterocycles. The Balaban J connectivity index is 1.01. The predicted molar refractivity (Wildman–Crippen MR) is 219 cm³/mol. The molecular weight excluding hydrogens is 649 g/mol. The summed E-state index contributed by atoms with van der Waals surface area (Å²) in [5.74, 6) is 0. The molecule has 0 unspecified atom stereocenters. The lowest BCUT2D eigenvalue weighted by atomic mass is 9.94. The molecule has 4 nitrogen and oxygen atoms in total. The van der Waals surface area contributed by atoms with Crippen LogP contribution >= 0.6 is 0 Å². The number of nitrogens with zero attached hydrogens (tertiary/aromatic N) is 2. The minimum absolute atomic E-state index is 0.854. The second kappa shape index (κ2) is 11.8. The molecule has 0 saturated carbocycles. The van der Waals surface area contributed by atoms with Gasteiger partial charge in [-0.3, -0.25) is 0 Å². The Kier molecular flexibility index (Phi) is 6.58. The molecule has 2 aromatic heterocycles. The van der Waals surface area contributed by atoms with Gasteiger partial charge < -0.3 is 18.6 Å². The molecule has 53 heavy (non-hydrogen) atoms. The number of anilines is 6. The van der Waals surface area contributed by atoms with Crippen LogP contribution in [0, 0.1) is 0 Å². The zero-order valence-corrected chi connectivity index (χ0v) is 28.7. The number of para-hydroxylation sites is 4. The number of benzene rings is 8. The number of hydrogen-bond donors (Lipinski definition) is 0. The standard InChI is InChI=1S/C49H32N2O2/c1-5-16-44-34(10-1)28-35-11-2-6-17-45(35)51(44)37-13-9-12-33(29-37)32-20-22-36(23-21-32)50(38-24-26-42-40-14-3-7-18-46(40)52-48(42)30-38)39-25-27-43-41-15-4-8-19-47(41)53-49(43)31-39/h1-27,29-31H,28H2. The number of fused-ring (bicyclic) bond motifs is 8. The minimum atomic E-state index is 0.854. The van der Waals surface area contributed by atoms with Gasteiger partial charge in [-0.25, -0.2) is 0 Å². The van der Waals surface area contributed by atoms with Gasteiger partial charge >= 0.3 is 0 Å². The lowest BCUT2D eigenvalue weighted by Crippen LogP contribution is -2.18. The highest BCUT2D eigenvalue weighted by Gasteiger charge is 2.24. The van der Waals surface area contributed by atoms with Gasteiger partial charge in [0.15, 0.2) is 0 Å². The van der Waals surface area contributed by atoms with Crippen LogP contribution in [0.2, 0.25) is 0 Å². The van der Waals surface area contributed by atoms with Crippen molar-refractivity contribution in [1.82, 2.24) is 0 Å². The first-order valence-corrected chi connectivity index (χ1v) is 18.0. The van der Waals surface area contributed by atoms with Gasteiger partial charge in [0.1, 0.15) is 22.3 Å². The molecule has 0 aliphatic carbocycles. The largest absolute Gasteiger partial charge is 0.456 e. The zero-order chi connectivity index (χ0) is 34.9. The fraction of sp³-hybridized carbons (Fsp3) is 0.0204. The molecule has 1 aliphatic rings. The quantitative estimate of drug-likeness (QED) is 0.181. The van der Waals surface area contributed by atoms with Crippen molar-refractivity contribution in [2.75, 3.05) is 9.80 Å². The van der Waals surface area contributed by atoms with Crippen LogP contribution in [0.5, 0.6) is 0 Å². The maximum absolute atomic E-state index is 6.36. The van der Waals surface area contributed by atoms with E-state index in [2.05, 4.69) is 168 Å². The van der Waals surface area contributed by atoms with E-state index >= 15 is 0 Å². The highest BCUT2D eigenvalue weighted by Crippen LogP contribution is 2.45. The first-order chi connectivity index (χ1) is 26.2. The van der Waals surface area contributed by atoms with Crippen LogP contribution in [0.4, 0.5) is 34.1 Å². The summed E-state index contributed by atoms with van der Waals surface area (Å²) >= 11 is 0. The summed E-state index contributed by atoms with van der Waals surface area (Å²) < 4.78 is 12.7. The Bertz CT molecular complexity index is 2850. The SMILES string of the molecule is c1cc(-c2ccc(N(c3ccc4c(c3)oc3ccccc34)c3ccc4c(c3)oc3ccccc34)cc2)cc(N2c3ccccc3Cc3ccccc32)c1. The average molecular weight is 681 g/mol. The molecule has 10 aromatic rings. The van der Waals surface area contributed by atoms with E-state index in [1.54, 1.807) is 0 Å². The van der Waals surface area contributed by atoms with E-state index in [4.69, 9.17) is 8.83 Å². The molecule has 0 atom stereocenters. The van der Waals surface area contributed by atoms with Crippen molar-refractivity contribution in [1.29, 1.82) is 0 Å². The topological polar surface area (TPSA) is 32.8 Å². The van der Waals surface area contributed by atoms with Gasteiger partial charge in [0, 0.05) is 74.2 Å². The predicted octanol–water partition coefficient (Wildman–Crippen LogP) is 14.0. The van der Waals surface area contributed by atoms with Crippen LogP contribution in [-0.2, 0) is 6.42 Å². The van der Waals surface area contributed by atoms with Crippen LogP contribution < -0.4 is 9.80 Å². The fourth-order valence-electron chi connectivity index (χ4n) is 8.15. The van der Waals surface area contributed by atoms with Gasteiger partial charge in [-0.05, 0) is 95.1 Å². The third-order valence-electron chi connectivity index (χ3n) is 10.7. The Morgan fingerprint density at radius 1 is 0.377 bits per heavy atom. The first-order valence-electron chi connectivity index (χ1n) is 18.0. The van der Waals surface area contributed by atoms with E-state index in [-0.39, 0.29) is 0 Å². The third kappa shape index (κ3) is 4.84. The Hall–Kier alpha value is -7.04. The monoisotopic (exact) mass is 680 g/mol. The lowest BCUT2D eigenvalue weighted by Gasteiger charge is -2.33. The number of hydrogen-bond acceptors (Lipinski definition) is 4. The summed E-state index contributed by atoms with van der Waals surface area (Å²) in [6.07, 6.45) is 0.938. The first kappa shape index (κ1) is 29.7. The van der Waals surface area contributed by atoms with Crippen molar-refractivity contribution in [2.24, 2.45) is 0 Å². The van der Waals surface area contributed by atoms with E-state index in [0.29, 0.717) is 0 Å². The van der Waals surface area contributed by atoms with Gasteiger partial charge in [0.2, 0.25) is 0 Å². The maximum Gasteiger partial charge on any atom is 0.137 e. The van der Waals surface area contributed by atoms with Crippen LogP contribution in [-0.4, -0.2) is 0 Å². The third-order valence-corrected chi connectivity index (χ3v) is 10.7. The summed E-state index contributed by atoms with van der Waals surface area (Å²) in [6, 6.07) is 64.6. The Morgan fingerprint density at radius 2 is 0.887 bits per heavy atom. The summed E-state index contributed by atoms with van der Waals surface area (Å²) in [5.41, 5.74) is 15.1. The molecular formula is C49H32N2O2. The molecule has 0 N–H and O–H groups in total. The van der Waals surface area contributed by atoms with Gasteiger partial charge in [-0.15, -0.1) is 0 Å². The van der Waals surface area contributed by atoms with Crippen molar-refractivity contribution in [3.8, 4) is 11.1 Å². The van der Waals surface area contributed by atoms with E-state index in [9.17, 15) is 0 Å². The van der Waals surface area contributed by atoms with Crippen molar-refractivity contribution in [3.05, 3.63) is 193 Å². The van der Waals surface area contributed by atoms with Crippen LogP contribution in [0.1, 0.15) is 11.1 Å². The summed E-state index contributed by atoms with van der Waals surface area (Å²) in [4.78, 5) is 4.68. The van der Waals surface area contributed by atoms with Crippen LogP contribution in [0.3, 0.4) is 0 Å². The van der Waals surface area contributed by atoms with Gasteiger partial charge in [0.25, 0.3) is 0 Å². The highest BCUT2D eigenvalue weighted by atomic mass is 16.3. The van der Waals surface area contributed by atoms with Crippen molar-refractivity contribution < 1.29 is 8.83 Å². The second-order valence-electron chi connectivity index (χ2n) is 13.8. The average Bonchev–Trinajstić information content (AvgIpc) is 3.78. The molecule has 3 heterocycles. The molecule has 8 aromatic carbocycles. The summed E-state index contributed by atoms with van der Waals surface area (Å²) in [6.45, 7) is 0. The molecule has 0 fully saturated rings. The molecule has 1 aliphatic heterocycles. The molecule has 4 heteroatoms. The van der Waals surface area contributed by atoms with Gasteiger partial charge in [-0.2, -0.15) is 0 Å². The Morgan fingerprint density at radius 3 is 1.49 bits per heavy atom. The molecule has 250 valence electrons. The molecule has 0 amide bonds. The zero-order valence-electron chi connectivity index (χ0n) is 28.7. The molecule has 0 spiro atoms. The van der Waals surface area contributed by atoms with E-state index in [1.165, 1.54) is 22.5 Å². The molecule has 0 bridgehead atoms. The lowest BCUT2D eigenvalue weighted by molar-refractivity contribution is 0.669. The van der Waals surface area contributed by atoms with E-state index < -0.39 is 0 Å². The maximum atomic E-state index is 6.36. The highest BCUT2D eigenvalue weighted by molar-refractivity contribution is 6.07. The molecule has 0 radical (unpaired) electrons. The van der Waals surface area contributed by atoms with Gasteiger partial charge in [-0.1, -0.05) is 97.1 Å². The van der Waals surface area contributed by atoms with Crippen LogP contribution in [0.25, 0.3) is 55.0 Å².